The molecule has 1 aromatic heterocycles. The van der Waals surface area contributed by atoms with Crippen LogP contribution in [0.25, 0.3) is 0 Å². The first-order valence-corrected chi connectivity index (χ1v) is 10.0. The van der Waals surface area contributed by atoms with Gasteiger partial charge in [-0.05, 0) is 30.7 Å². The number of Topliss-reactive ketones (excluding diaryl/α,β-unsaturated/α-hetero) is 1. The summed E-state index contributed by atoms with van der Waals surface area (Å²) in [5.41, 5.74) is 3.84. The van der Waals surface area contributed by atoms with E-state index in [4.69, 9.17) is 9.47 Å². The van der Waals surface area contributed by atoms with E-state index in [9.17, 15) is 9.59 Å². The molecule has 0 spiro atoms. The third-order valence-corrected chi connectivity index (χ3v) is 5.52. The monoisotopic (exact) mass is 376 g/mol. The van der Waals surface area contributed by atoms with Gasteiger partial charge >= 0.3 is 0 Å². The molecule has 1 aromatic rings. The van der Waals surface area contributed by atoms with Gasteiger partial charge in [0.05, 0.1) is 32.3 Å². The Kier molecular flexibility index (Phi) is 6.06. The van der Waals surface area contributed by atoms with Crippen molar-refractivity contribution in [1.82, 2.24) is 9.88 Å². The third-order valence-electron chi connectivity index (χ3n) is 5.52. The zero-order valence-electron chi connectivity index (χ0n) is 17.0. The summed E-state index contributed by atoms with van der Waals surface area (Å²) in [7, 11) is 0. The smallest absolute Gasteiger partial charge is 0.224 e. The summed E-state index contributed by atoms with van der Waals surface area (Å²) in [5, 5.41) is 2.94. The SMILES string of the molecule is CCCn1c(C)c(CC(=O)NC[C@H]2COCCO2)c2c1CC(C)(C)CC2=O. The zero-order chi connectivity index (χ0) is 19.6. The molecule has 2 heterocycles. The van der Waals surface area contributed by atoms with Crippen LogP contribution in [-0.2, 0) is 33.7 Å². The van der Waals surface area contributed by atoms with Gasteiger partial charge < -0.3 is 19.4 Å². The van der Waals surface area contributed by atoms with Gasteiger partial charge in [-0.25, -0.2) is 0 Å². The maximum Gasteiger partial charge on any atom is 0.224 e. The Morgan fingerprint density at radius 3 is 2.74 bits per heavy atom. The predicted molar refractivity (Wildman–Crippen MR) is 103 cm³/mol. The van der Waals surface area contributed by atoms with Gasteiger partial charge in [0.15, 0.2) is 5.78 Å². The molecular formula is C21H32N2O4. The Morgan fingerprint density at radius 2 is 2.07 bits per heavy atom. The van der Waals surface area contributed by atoms with Crippen LogP contribution in [0.1, 0.15) is 60.9 Å². The van der Waals surface area contributed by atoms with Gasteiger partial charge in [-0.1, -0.05) is 20.8 Å². The van der Waals surface area contributed by atoms with Crippen LogP contribution < -0.4 is 5.32 Å². The van der Waals surface area contributed by atoms with E-state index in [-0.39, 0.29) is 29.6 Å². The van der Waals surface area contributed by atoms with E-state index in [1.54, 1.807) is 0 Å². The number of fused-ring (bicyclic) bond motifs is 1. The van der Waals surface area contributed by atoms with Crippen LogP contribution in [0, 0.1) is 12.3 Å². The molecule has 2 aliphatic rings. The number of ketones is 1. The van der Waals surface area contributed by atoms with Gasteiger partial charge in [0.1, 0.15) is 0 Å². The molecule has 0 saturated carbocycles. The van der Waals surface area contributed by atoms with Gasteiger partial charge in [0.2, 0.25) is 5.91 Å². The minimum Gasteiger partial charge on any atom is -0.376 e. The average molecular weight is 376 g/mol. The van der Waals surface area contributed by atoms with Gasteiger partial charge in [0, 0.05) is 36.5 Å². The molecule has 0 unspecified atom stereocenters. The topological polar surface area (TPSA) is 69.6 Å². The molecule has 6 nitrogen and oxygen atoms in total. The fraction of sp³-hybridized carbons (Fsp3) is 0.714. The summed E-state index contributed by atoms with van der Waals surface area (Å²) in [6.07, 6.45) is 2.57. The lowest BCUT2D eigenvalue weighted by Crippen LogP contribution is -2.40. The number of ether oxygens (including phenoxy) is 2. The van der Waals surface area contributed by atoms with E-state index in [2.05, 4.69) is 30.7 Å². The molecular weight excluding hydrogens is 344 g/mol. The minimum absolute atomic E-state index is 0.0295. The van der Waals surface area contributed by atoms with Crippen molar-refractivity contribution in [2.45, 2.75) is 66.0 Å². The number of nitrogens with one attached hydrogen (secondary N) is 1. The van der Waals surface area contributed by atoms with Gasteiger partial charge in [0.25, 0.3) is 0 Å². The molecule has 0 radical (unpaired) electrons. The Bertz CT molecular complexity index is 714. The molecule has 150 valence electrons. The third kappa shape index (κ3) is 4.43. The van der Waals surface area contributed by atoms with Crippen LogP contribution in [0.5, 0.6) is 0 Å². The number of nitrogens with zero attached hydrogens (tertiary/aromatic N) is 1. The van der Waals surface area contributed by atoms with Crippen molar-refractivity contribution in [2.24, 2.45) is 5.41 Å². The molecule has 1 aliphatic carbocycles. The van der Waals surface area contributed by atoms with Gasteiger partial charge in [-0.15, -0.1) is 0 Å². The van der Waals surface area contributed by atoms with E-state index in [0.717, 1.165) is 41.9 Å². The van der Waals surface area contributed by atoms with Gasteiger partial charge in [-0.2, -0.15) is 0 Å². The van der Waals surface area contributed by atoms with Crippen LogP contribution in [0.4, 0.5) is 0 Å². The van der Waals surface area contributed by atoms with Crippen LogP contribution >= 0.6 is 0 Å². The zero-order valence-corrected chi connectivity index (χ0v) is 17.0. The number of aromatic nitrogens is 1. The summed E-state index contributed by atoms with van der Waals surface area (Å²) in [6, 6.07) is 0. The second kappa shape index (κ2) is 8.15. The van der Waals surface area contributed by atoms with Crippen molar-refractivity contribution < 1.29 is 19.1 Å². The summed E-state index contributed by atoms with van der Waals surface area (Å²) in [6.45, 7) is 11.5. The van der Waals surface area contributed by atoms with Crippen molar-refractivity contribution in [2.75, 3.05) is 26.4 Å². The van der Waals surface area contributed by atoms with Crippen molar-refractivity contribution in [3.8, 4) is 0 Å². The Labute approximate surface area is 161 Å². The summed E-state index contributed by atoms with van der Waals surface area (Å²) in [4.78, 5) is 25.5. The van der Waals surface area contributed by atoms with Crippen LogP contribution in [0.3, 0.4) is 0 Å². The lowest BCUT2D eigenvalue weighted by molar-refractivity contribution is -0.123. The standard InChI is InChI=1S/C21H32N2O4/c1-5-6-23-14(2)16(20-17(23)10-21(3,4)11-18(20)24)9-19(25)22-12-15-13-26-7-8-27-15/h15H,5-13H2,1-4H3,(H,22,25)/t15-/m0/s1. The fourth-order valence-electron chi connectivity index (χ4n) is 4.26. The molecule has 0 bridgehead atoms. The Morgan fingerprint density at radius 1 is 1.30 bits per heavy atom. The van der Waals surface area contributed by atoms with Gasteiger partial charge in [-0.3, -0.25) is 9.59 Å². The van der Waals surface area contributed by atoms with E-state index in [1.165, 1.54) is 0 Å². The largest absolute Gasteiger partial charge is 0.376 e. The number of amides is 1. The lowest BCUT2D eigenvalue weighted by Gasteiger charge is -2.30. The molecule has 1 fully saturated rings. The highest BCUT2D eigenvalue weighted by Crippen LogP contribution is 2.38. The fourth-order valence-corrected chi connectivity index (χ4v) is 4.26. The van der Waals surface area contributed by atoms with Crippen molar-refractivity contribution in [3.63, 3.8) is 0 Å². The van der Waals surface area contributed by atoms with Crippen LogP contribution in [0.2, 0.25) is 0 Å². The molecule has 1 atom stereocenters. The second-order valence-electron chi connectivity index (χ2n) is 8.53. The highest BCUT2D eigenvalue weighted by atomic mass is 16.6. The summed E-state index contributed by atoms with van der Waals surface area (Å²) >= 11 is 0. The normalized spacial score (nSPS) is 21.8. The second-order valence-corrected chi connectivity index (χ2v) is 8.53. The van der Waals surface area contributed by atoms with E-state index in [1.807, 2.05) is 6.92 Å². The van der Waals surface area contributed by atoms with Crippen molar-refractivity contribution in [3.05, 3.63) is 22.5 Å². The minimum atomic E-state index is -0.0927. The first-order chi connectivity index (χ1) is 12.8. The van der Waals surface area contributed by atoms with Crippen molar-refractivity contribution >= 4 is 11.7 Å². The predicted octanol–water partition coefficient (Wildman–Crippen LogP) is 2.44. The number of carbonyl (C=O) groups is 2. The molecule has 3 rings (SSSR count). The number of hydrogen-bond acceptors (Lipinski definition) is 4. The maximum atomic E-state index is 12.9. The first-order valence-electron chi connectivity index (χ1n) is 10.0. The van der Waals surface area contributed by atoms with E-state index >= 15 is 0 Å². The molecule has 1 amide bonds. The Hall–Kier alpha value is -1.66. The van der Waals surface area contributed by atoms with Crippen LogP contribution in [0.15, 0.2) is 0 Å². The summed E-state index contributed by atoms with van der Waals surface area (Å²) in [5.74, 6) is 0.104. The quantitative estimate of drug-likeness (QED) is 0.828. The summed E-state index contributed by atoms with van der Waals surface area (Å²) < 4.78 is 13.2. The molecule has 6 heteroatoms. The molecule has 27 heavy (non-hydrogen) atoms. The number of carbonyl (C=O) groups excluding carboxylic acids is 2. The highest BCUT2D eigenvalue weighted by Gasteiger charge is 2.36. The molecule has 1 aliphatic heterocycles. The highest BCUT2D eigenvalue weighted by molar-refractivity contribution is 6.01. The molecule has 1 saturated heterocycles. The van der Waals surface area contributed by atoms with Crippen molar-refractivity contribution in [1.29, 1.82) is 0 Å². The lowest BCUT2D eigenvalue weighted by atomic mass is 9.75. The average Bonchev–Trinajstić information content (AvgIpc) is 2.86. The molecule has 0 aromatic carbocycles. The van der Waals surface area contributed by atoms with E-state index < -0.39 is 0 Å². The number of rotatable bonds is 6. The van der Waals surface area contributed by atoms with Crippen LogP contribution in [-0.4, -0.2) is 48.7 Å². The maximum absolute atomic E-state index is 12.9. The Balaban J connectivity index is 1.78. The molecule has 1 N–H and O–H groups in total. The first kappa shape index (κ1) is 20.1. The number of hydrogen-bond donors (Lipinski definition) is 1. The van der Waals surface area contributed by atoms with E-state index in [0.29, 0.717) is 32.8 Å².